The van der Waals surface area contributed by atoms with Crippen LogP contribution in [0.2, 0.25) is 0 Å². The Kier molecular flexibility index (Phi) is 7.77. The van der Waals surface area contributed by atoms with Gasteiger partial charge in [0.1, 0.15) is 25.2 Å². The molecular weight excluding hydrogens is 709 g/mol. The number of rotatable bonds is 4. The number of piperazine rings is 1. The molecule has 7 atom stereocenters. The third kappa shape index (κ3) is 4.44. The van der Waals surface area contributed by atoms with Crippen molar-refractivity contribution < 1.29 is 38.7 Å². The Bertz CT molecular complexity index is 2260. The second-order valence-corrected chi connectivity index (χ2v) is 16.4. The number of benzene rings is 3. The highest BCUT2D eigenvalue weighted by Gasteiger charge is 2.61. The van der Waals surface area contributed by atoms with Gasteiger partial charge in [-0.3, -0.25) is 15.1 Å². The third-order valence-corrected chi connectivity index (χ3v) is 14.2. The molecule has 1 aromatic heterocycles. The maximum absolute atomic E-state index is 14.7. The lowest BCUT2D eigenvalue weighted by molar-refractivity contribution is -0.186. The number of methoxy groups -OCH3 is 1. The summed E-state index contributed by atoms with van der Waals surface area (Å²) in [5.74, 6) is 2.35. The number of ether oxygens (including phenoxy) is 5. The number of fused-ring (bicyclic) bond motifs is 11. The van der Waals surface area contributed by atoms with E-state index in [1.54, 1.807) is 24.9 Å². The summed E-state index contributed by atoms with van der Waals surface area (Å²) in [4.78, 5) is 22.7. The van der Waals surface area contributed by atoms with E-state index >= 15 is 0 Å². The van der Waals surface area contributed by atoms with Crippen LogP contribution in [0.15, 0.2) is 43.0 Å². The van der Waals surface area contributed by atoms with Crippen molar-refractivity contribution in [1.29, 1.82) is 0 Å². The van der Waals surface area contributed by atoms with Crippen molar-refractivity contribution in [3.8, 4) is 28.7 Å². The Morgan fingerprint density at radius 1 is 1.13 bits per heavy atom. The summed E-state index contributed by atoms with van der Waals surface area (Å²) in [6.07, 6.45) is 2.10. The molecule has 0 saturated carbocycles. The second kappa shape index (κ2) is 12.3. The first kappa shape index (κ1) is 34.1. The number of carbonyl (C=O) groups excluding carboxylic acids is 1. The maximum Gasteiger partial charge on any atom is 0.333 e. The van der Waals surface area contributed by atoms with E-state index in [2.05, 4.69) is 45.9 Å². The van der Waals surface area contributed by atoms with Gasteiger partial charge in [-0.15, -0.1) is 11.8 Å². The Hall–Kier alpha value is -4.40. The molecule has 0 aliphatic carbocycles. The standard InChI is InChI=1S/C41H44N4O8S/c1-6-13-50-35-27-21(14-19(2)33(35)49-5)15-25-39(47)45-26-16-51-40(48)41(38-23(11-12-42-41)22-9-7-8-10-24(22)43-38)17-54-37(31(45)30(27)44(25)4)29-28(26)36-34(52-18-53-36)20(3)32(29)46/h6-10,14,25-26,30-31,37,39,42-43,46-47H,1,11-13,15-18H2,2-5H3/t25-,26-,30+,31?,37+,39-,41+/m0/s1. The smallest absolute Gasteiger partial charge is 0.333 e. The number of aliphatic hydroxyl groups excluding tert-OH is 1. The van der Waals surface area contributed by atoms with Crippen LogP contribution in [0.25, 0.3) is 10.9 Å². The zero-order valence-electron chi connectivity index (χ0n) is 30.7. The fourth-order valence-corrected chi connectivity index (χ4v) is 12.1. The molecule has 13 heteroatoms. The summed E-state index contributed by atoms with van der Waals surface area (Å²) in [5.41, 5.74) is 6.73. The molecule has 11 rings (SSSR count). The van der Waals surface area contributed by atoms with Gasteiger partial charge in [-0.2, -0.15) is 0 Å². The predicted octanol–water partition coefficient (Wildman–Crippen LogP) is 4.82. The zero-order valence-corrected chi connectivity index (χ0v) is 31.5. The quantitative estimate of drug-likeness (QED) is 0.168. The minimum Gasteiger partial charge on any atom is -0.507 e. The van der Waals surface area contributed by atoms with Crippen LogP contribution in [-0.4, -0.2) is 95.7 Å². The number of aromatic amines is 1. The lowest BCUT2D eigenvalue weighted by Gasteiger charge is -2.62. The van der Waals surface area contributed by atoms with Crippen molar-refractivity contribution in [1.82, 2.24) is 20.1 Å². The van der Waals surface area contributed by atoms with E-state index in [0.717, 1.165) is 45.3 Å². The number of esters is 1. The largest absolute Gasteiger partial charge is 0.507 e. The van der Waals surface area contributed by atoms with Crippen molar-refractivity contribution in [2.75, 3.05) is 46.5 Å². The number of H-pyrrole nitrogens is 1. The van der Waals surface area contributed by atoms with Crippen LogP contribution in [0.3, 0.4) is 0 Å². The Morgan fingerprint density at radius 2 is 1.94 bits per heavy atom. The summed E-state index contributed by atoms with van der Waals surface area (Å²) < 4.78 is 31.1. The molecule has 2 saturated heterocycles. The summed E-state index contributed by atoms with van der Waals surface area (Å²) in [5, 5.41) is 29.2. The van der Waals surface area contributed by atoms with E-state index in [1.165, 1.54) is 0 Å². The number of nitrogens with zero attached hydrogens (tertiary/aromatic N) is 2. The van der Waals surface area contributed by atoms with Crippen molar-refractivity contribution >= 4 is 28.6 Å². The molecule has 7 aliphatic heterocycles. The molecule has 1 spiro atoms. The van der Waals surface area contributed by atoms with Crippen LogP contribution in [0.1, 0.15) is 62.0 Å². The summed E-state index contributed by atoms with van der Waals surface area (Å²) in [6, 6.07) is 8.60. The average Bonchev–Trinajstić information content (AvgIpc) is 3.82. The Morgan fingerprint density at radius 3 is 2.76 bits per heavy atom. The molecule has 4 aromatic rings. The van der Waals surface area contributed by atoms with Gasteiger partial charge < -0.3 is 38.9 Å². The van der Waals surface area contributed by atoms with Crippen molar-refractivity contribution in [2.24, 2.45) is 0 Å². The van der Waals surface area contributed by atoms with Crippen molar-refractivity contribution in [2.45, 2.75) is 67.9 Å². The van der Waals surface area contributed by atoms with E-state index in [0.29, 0.717) is 52.7 Å². The van der Waals surface area contributed by atoms with E-state index in [9.17, 15) is 15.0 Å². The molecule has 8 heterocycles. The number of para-hydroxylation sites is 1. The molecule has 12 nitrogen and oxygen atoms in total. The maximum atomic E-state index is 14.7. The van der Waals surface area contributed by atoms with Crippen LogP contribution >= 0.6 is 11.8 Å². The number of hydrogen-bond donors (Lipinski definition) is 4. The van der Waals surface area contributed by atoms with Gasteiger partial charge in [-0.1, -0.05) is 36.9 Å². The number of likely N-dealkylation sites (N-methyl/N-ethyl adjacent to an activating group) is 1. The zero-order chi connectivity index (χ0) is 37.2. The van der Waals surface area contributed by atoms with Gasteiger partial charge in [-0.05, 0) is 56.5 Å². The summed E-state index contributed by atoms with van der Waals surface area (Å²) in [6.45, 7) is 8.58. The molecule has 1 unspecified atom stereocenters. The monoisotopic (exact) mass is 752 g/mol. The predicted molar refractivity (Wildman–Crippen MR) is 203 cm³/mol. The van der Waals surface area contributed by atoms with Crippen LogP contribution in [0, 0.1) is 13.8 Å². The second-order valence-electron chi connectivity index (χ2n) is 15.3. The number of aromatic nitrogens is 1. The van der Waals surface area contributed by atoms with E-state index in [1.807, 2.05) is 32.0 Å². The van der Waals surface area contributed by atoms with Gasteiger partial charge in [0.2, 0.25) is 6.79 Å². The molecule has 54 heavy (non-hydrogen) atoms. The van der Waals surface area contributed by atoms with Gasteiger partial charge >= 0.3 is 5.97 Å². The van der Waals surface area contributed by atoms with Crippen LogP contribution in [0.5, 0.6) is 28.7 Å². The highest BCUT2D eigenvalue weighted by Crippen LogP contribution is 2.64. The average molecular weight is 753 g/mol. The first-order valence-corrected chi connectivity index (χ1v) is 19.6. The highest BCUT2D eigenvalue weighted by molar-refractivity contribution is 7.99. The van der Waals surface area contributed by atoms with Gasteiger partial charge in [0, 0.05) is 51.5 Å². The molecule has 7 aliphatic rings. The number of thioether (sulfide) groups is 1. The summed E-state index contributed by atoms with van der Waals surface area (Å²) >= 11 is 1.59. The molecule has 2 fully saturated rings. The van der Waals surface area contributed by atoms with Gasteiger partial charge in [0.05, 0.1) is 36.2 Å². The lowest BCUT2D eigenvalue weighted by Crippen LogP contribution is -2.70. The molecule has 3 aromatic carbocycles. The number of nitrogens with one attached hydrogen (secondary N) is 2. The molecule has 0 radical (unpaired) electrons. The van der Waals surface area contributed by atoms with Gasteiger partial charge in [0.15, 0.2) is 28.5 Å². The number of hydrogen-bond acceptors (Lipinski definition) is 12. The normalized spacial score (nSPS) is 29.6. The third-order valence-electron chi connectivity index (χ3n) is 12.7. The van der Waals surface area contributed by atoms with Gasteiger partial charge in [0.25, 0.3) is 0 Å². The number of phenols is 1. The fraction of sp³-hybridized carbons (Fsp3) is 0.439. The minimum atomic E-state index is -1.19. The lowest BCUT2D eigenvalue weighted by atomic mass is 9.73. The number of aryl methyl sites for hydroxylation is 1. The Balaban J connectivity index is 1.22. The first-order valence-electron chi connectivity index (χ1n) is 18.6. The van der Waals surface area contributed by atoms with Crippen LogP contribution in [-0.2, 0) is 27.9 Å². The SMILES string of the molecule is C=CCOc1c(OC)c(C)cc2c1[C@@H]1C3[C@@H]4SC[C@]5(NCCc6c5[nH]c5ccccc65)C(=O)OC[C@@H](c5c6c(c(C)c(O)c54)OCO6)N3[C@@H](O)[C@H](C2)N1C. The fourth-order valence-electron chi connectivity index (χ4n) is 10.4. The molecule has 282 valence electrons. The van der Waals surface area contributed by atoms with Crippen LogP contribution < -0.4 is 24.3 Å². The summed E-state index contributed by atoms with van der Waals surface area (Å²) in [7, 11) is 3.72. The number of phenolic OH excluding ortho intramolecular Hbond substituents is 1. The first-order chi connectivity index (χ1) is 26.2. The molecular formula is C41H44N4O8S. The van der Waals surface area contributed by atoms with E-state index < -0.39 is 29.1 Å². The number of carbonyl (C=O) groups is 1. The number of aliphatic hydroxyl groups is 1. The molecule has 0 amide bonds. The molecule has 4 N–H and O–H groups in total. The number of aromatic hydroxyl groups is 1. The Labute approximate surface area is 317 Å². The van der Waals surface area contributed by atoms with E-state index in [-0.39, 0.29) is 49.6 Å². The van der Waals surface area contributed by atoms with Crippen molar-refractivity contribution in [3.63, 3.8) is 0 Å². The minimum absolute atomic E-state index is 0.00304. The van der Waals surface area contributed by atoms with Crippen molar-refractivity contribution in [3.05, 3.63) is 87.6 Å². The van der Waals surface area contributed by atoms with Gasteiger partial charge in [-0.25, -0.2) is 4.79 Å². The topological polar surface area (TPSA) is 138 Å². The molecule has 4 bridgehead atoms. The van der Waals surface area contributed by atoms with E-state index in [4.69, 9.17) is 23.7 Å². The van der Waals surface area contributed by atoms with Crippen LogP contribution in [0.4, 0.5) is 0 Å². The highest BCUT2D eigenvalue weighted by atomic mass is 32.2.